The summed E-state index contributed by atoms with van der Waals surface area (Å²) < 4.78 is 0. The zero-order valence-electron chi connectivity index (χ0n) is 30.3. The third kappa shape index (κ3) is 52.2. The number of rotatable bonds is 31. The fourth-order valence-corrected chi connectivity index (χ4v) is 5.03. The Balaban J connectivity index is -0.000000630. The molecule has 10 nitrogen and oxygen atoms in total. The molecule has 0 aliphatic heterocycles. The summed E-state index contributed by atoms with van der Waals surface area (Å²) in [5.41, 5.74) is 0. The van der Waals surface area contributed by atoms with Crippen molar-refractivity contribution >= 4 is 11.9 Å². The zero-order valence-corrected chi connectivity index (χ0v) is 30.3. The van der Waals surface area contributed by atoms with Crippen LogP contribution in [0.2, 0.25) is 0 Å². The van der Waals surface area contributed by atoms with Crippen molar-refractivity contribution < 1.29 is 40.2 Å². The van der Waals surface area contributed by atoms with Crippen molar-refractivity contribution in [2.45, 2.75) is 181 Å². The Kier molecular flexibility index (Phi) is 42.6. The highest BCUT2D eigenvalue weighted by Gasteiger charge is 2.04. The summed E-state index contributed by atoms with van der Waals surface area (Å²) in [5, 5.41) is 51.5. The SMILES string of the molecule is CCCCCCCCCCCCN(C)CC(O)O.CCCCCCCCCCCCN(C)CC(O)O.O=C(O)CCCCC(=O)O. The normalized spacial score (nSPS) is 11.1. The lowest BCUT2D eigenvalue weighted by atomic mass is 10.1. The molecule has 0 saturated heterocycles. The van der Waals surface area contributed by atoms with Gasteiger partial charge < -0.3 is 40.4 Å². The first-order valence-electron chi connectivity index (χ1n) is 18.5. The number of carbonyl (C=O) groups is 2. The number of carboxylic acid groups (broad SMARTS) is 2. The van der Waals surface area contributed by atoms with Crippen molar-refractivity contribution in [1.82, 2.24) is 9.80 Å². The van der Waals surface area contributed by atoms with E-state index in [0.29, 0.717) is 25.9 Å². The van der Waals surface area contributed by atoms with Crippen LogP contribution in [-0.2, 0) is 9.59 Å². The molecule has 0 rings (SSSR count). The Morgan fingerprint density at radius 1 is 0.435 bits per heavy atom. The van der Waals surface area contributed by atoms with Crippen LogP contribution in [0.1, 0.15) is 168 Å². The number of carboxylic acids is 2. The third-order valence-electron chi connectivity index (χ3n) is 7.77. The fourth-order valence-electron chi connectivity index (χ4n) is 5.03. The van der Waals surface area contributed by atoms with E-state index >= 15 is 0 Å². The Labute approximate surface area is 282 Å². The van der Waals surface area contributed by atoms with Gasteiger partial charge >= 0.3 is 11.9 Å². The van der Waals surface area contributed by atoms with Crippen LogP contribution in [0.25, 0.3) is 0 Å². The molecule has 0 aromatic rings. The molecule has 46 heavy (non-hydrogen) atoms. The van der Waals surface area contributed by atoms with E-state index in [9.17, 15) is 9.59 Å². The predicted molar refractivity (Wildman–Crippen MR) is 189 cm³/mol. The maximum absolute atomic E-state index is 9.90. The average molecular weight is 665 g/mol. The van der Waals surface area contributed by atoms with Crippen molar-refractivity contribution in [3.63, 3.8) is 0 Å². The summed E-state index contributed by atoms with van der Waals surface area (Å²) in [6.07, 6.45) is 25.5. The highest BCUT2D eigenvalue weighted by molar-refractivity contribution is 5.67. The monoisotopic (exact) mass is 665 g/mol. The fraction of sp³-hybridized carbons (Fsp3) is 0.944. The zero-order chi connectivity index (χ0) is 35.3. The molecule has 0 radical (unpaired) electrons. The van der Waals surface area contributed by atoms with Gasteiger partial charge in [0.25, 0.3) is 0 Å². The molecule has 0 atom stereocenters. The first-order valence-corrected chi connectivity index (χ1v) is 18.5. The van der Waals surface area contributed by atoms with Gasteiger partial charge in [0.15, 0.2) is 12.6 Å². The number of aliphatic hydroxyl groups excluding tert-OH is 2. The lowest BCUT2D eigenvalue weighted by Gasteiger charge is -2.17. The number of aliphatic carboxylic acids is 2. The lowest BCUT2D eigenvalue weighted by molar-refractivity contribution is -0.139. The van der Waals surface area contributed by atoms with Gasteiger partial charge in [0.05, 0.1) is 0 Å². The third-order valence-corrected chi connectivity index (χ3v) is 7.77. The van der Waals surface area contributed by atoms with Gasteiger partial charge in [-0.3, -0.25) is 9.59 Å². The van der Waals surface area contributed by atoms with Gasteiger partial charge in [0.1, 0.15) is 0 Å². The molecule has 6 N–H and O–H groups in total. The number of hydrogen-bond donors (Lipinski definition) is 6. The Bertz CT molecular complexity index is 571. The summed E-state index contributed by atoms with van der Waals surface area (Å²) in [6, 6.07) is 0. The molecular formula is C36H76N2O8. The second kappa shape index (κ2) is 39.9. The molecule has 0 spiro atoms. The van der Waals surface area contributed by atoms with Crippen LogP contribution in [0.5, 0.6) is 0 Å². The maximum atomic E-state index is 9.90. The lowest BCUT2D eigenvalue weighted by Crippen LogP contribution is -2.29. The standard InChI is InChI=1S/2C15H33NO2.C6H10O4/c2*1-3-4-5-6-7-8-9-10-11-12-13-16(2)14-15(17)18;7-5(8)3-1-2-4-6(9)10/h2*15,17-18H,3-14H2,1-2H3;1-4H2,(H,7,8)(H,9,10). The minimum Gasteiger partial charge on any atom is -0.481 e. The molecule has 10 heteroatoms. The highest BCUT2D eigenvalue weighted by atomic mass is 16.5. The summed E-state index contributed by atoms with van der Waals surface area (Å²) in [5.74, 6) is -1.74. The van der Waals surface area contributed by atoms with E-state index in [1.165, 1.54) is 128 Å². The van der Waals surface area contributed by atoms with Crippen molar-refractivity contribution in [3.8, 4) is 0 Å². The quantitative estimate of drug-likeness (QED) is 0.0336. The number of aliphatic hydroxyl groups is 4. The second-order valence-electron chi connectivity index (χ2n) is 12.8. The largest absolute Gasteiger partial charge is 0.481 e. The summed E-state index contributed by atoms with van der Waals surface area (Å²) >= 11 is 0. The number of hydrogen-bond acceptors (Lipinski definition) is 8. The van der Waals surface area contributed by atoms with E-state index in [2.05, 4.69) is 13.8 Å². The van der Waals surface area contributed by atoms with Crippen LogP contribution in [0.3, 0.4) is 0 Å². The maximum Gasteiger partial charge on any atom is 0.303 e. The molecule has 278 valence electrons. The van der Waals surface area contributed by atoms with Crippen molar-refractivity contribution in [1.29, 1.82) is 0 Å². The van der Waals surface area contributed by atoms with E-state index in [0.717, 1.165) is 13.1 Å². The van der Waals surface area contributed by atoms with Gasteiger partial charge in [-0.1, -0.05) is 129 Å². The minimum atomic E-state index is -1.20. The van der Waals surface area contributed by atoms with Crippen LogP contribution in [-0.4, -0.2) is 105 Å². The first-order chi connectivity index (χ1) is 22.0. The van der Waals surface area contributed by atoms with E-state index < -0.39 is 24.5 Å². The first kappa shape index (κ1) is 49.1. The van der Waals surface area contributed by atoms with Crippen molar-refractivity contribution in [2.75, 3.05) is 40.3 Å². The van der Waals surface area contributed by atoms with Gasteiger partial charge in [0, 0.05) is 25.9 Å². The molecule has 0 unspecified atom stereocenters. The van der Waals surface area contributed by atoms with Gasteiger partial charge in [-0.2, -0.15) is 0 Å². The minimum absolute atomic E-state index is 0.0628. The molecule has 0 amide bonds. The molecule has 0 aliphatic carbocycles. The van der Waals surface area contributed by atoms with Crippen molar-refractivity contribution in [3.05, 3.63) is 0 Å². The summed E-state index contributed by atoms with van der Waals surface area (Å²) in [4.78, 5) is 23.8. The van der Waals surface area contributed by atoms with E-state index in [1.807, 2.05) is 23.9 Å². The van der Waals surface area contributed by atoms with Crippen LogP contribution >= 0.6 is 0 Å². The predicted octanol–water partition coefficient (Wildman–Crippen LogP) is 7.02. The summed E-state index contributed by atoms with van der Waals surface area (Å²) in [6.45, 7) is 7.16. The number of unbranched alkanes of at least 4 members (excludes halogenated alkanes) is 19. The Morgan fingerprint density at radius 2 is 0.674 bits per heavy atom. The molecule has 0 aromatic heterocycles. The van der Waals surface area contributed by atoms with Crippen LogP contribution < -0.4 is 0 Å². The molecule has 0 aromatic carbocycles. The number of likely N-dealkylation sites (N-methyl/N-ethyl adjacent to an activating group) is 2. The van der Waals surface area contributed by atoms with E-state index in [-0.39, 0.29) is 12.8 Å². The van der Waals surface area contributed by atoms with Crippen LogP contribution in [0.15, 0.2) is 0 Å². The van der Waals surface area contributed by atoms with E-state index in [1.54, 1.807) is 0 Å². The topological polar surface area (TPSA) is 162 Å². The highest BCUT2D eigenvalue weighted by Crippen LogP contribution is 2.12. The summed E-state index contributed by atoms with van der Waals surface area (Å²) in [7, 11) is 3.88. The average Bonchev–Trinajstić information content (AvgIpc) is 2.97. The molecule has 0 saturated carbocycles. The van der Waals surface area contributed by atoms with Gasteiger partial charge in [-0.05, 0) is 52.9 Å². The smallest absolute Gasteiger partial charge is 0.303 e. The van der Waals surface area contributed by atoms with Crippen LogP contribution in [0.4, 0.5) is 0 Å². The molecule has 0 aliphatic rings. The Morgan fingerprint density at radius 3 is 0.891 bits per heavy atom. The van der Waals surface area contributed by atoms with E-state index in [4.69, 9.17) is 30.6 Å². The molecule has 0 heterocycles. The Hall–Kier alpha value is -1.30. The van der Waals surface area contributed by atoms with Crippen molar-refractivity contribution in [2.24, 2.45) is 0 Å². The molecule has 0 fully saturated rings. The second-order valence-corrected chi connectivity index (χ2v) is 12.8. The molecular weight excluding hydrogens is 588 g/mol. The van der Waals surface area contributed by atoms with Gasteiger partial charge in [-0.15, -0.1) is 0 Å². The van der Waals surface area contributed by atoms with Gasteiger partial charge in [0.2, 0.25) is 0 Å². The van der Waals surface area contributed by atoms with Crippen LogP contribution in [0, 0.1) is 0 Å². The van der Waals surface area contributed by atoms with Gasteiger partial charge in [-0.25, -0.2) is 0 Å². The molecule has 0 bridgehead atoms. The number of nitrogens with zero attached hydrogens (tertiary/aromatic N) is 2.